The van der Waals surface area contributed by atoms with Gasteiger partial charge in [0.15, 0.2) is 11.5 Å². The second kappa shape index (κ2) is 6.85. The number of methoxy groups -OCH3 is 2. The molecule has 0 spiro atoms. The van der Waals surface area contributed by atoms with Gasteiger partial charge in [-0.1, -0.05) is 0 Å². The van der Waals surface area contributed by atoms with E-state index in [0.29, 0.717) is 11.5 Å². The number of ether oxygens (including phenoxy) is 2. The largest absolute Gasteiger partial charge is 0.493 e. The Labute approximate surface area is 132 Å². The predicted molar refractivity (Wildman–Crippen MR) is 85.0 cm³/mol. The standard InChI is InChI=1S/C15H24N2O4S/c1-16-9-7-12(8-10-16)17(2)22(18,19)13-5-6-14(20-3)15(11-13)21-4/h5-6,11-12H,7-10H2,1-4H3. The van der Waals surface area contributed by atoms with Crippen molar-refractivity contribution in [3.63, 3.8) is 0 Å². The topological polar surface area (TPSA) is 59.1 Å². The minimum Gasteiger partial charge on any atom is -0.493 e. The van der Waals surface area contributed by atoms with Crippen molar-refractivity contribution in [3.8, 4) is 11.5 Å². The molecule has 1 heterocycles. The van der Waals surface area contributed by atoms with E-state index in [1.807, 2.05) is 0 Å². The average Bonchev–Trinajstić information content (AvgIpc) is 2.54. The Morgan fingerprint density at radius 1 is 1.14 bits per heavy atom. The third-order valence-electron chi connectivity index (χ3n) is 4.23. The Hall–Kier alpha value is -1.31. The summed E-state index contributed by atoms with van der Waals surface area (Å²) < 4.78 is 37.4. The van der Waals surface area contributed by atoms with Crippen LogP contribution in [0.2, 0.25) is 0 Å². The Morgan fingerprint density at radius 2 is 1.73 bits per heavy atom. The average molecular weight is 328 g/mol. The molecule has 1 fully saturated rings. The van der Waals surface area contributed by atoms with Gasteiger partial charge in [0, 0.05) is 19.2 Å². The van der Waals surface area contributed by atoms with Gasteiger partial charge in [0.1, 0.15) is 0 Å². The van der Waals surface area contributed by atoms with Gasteiger partial charge in [-0.3, -0.25) is 0 Å². The molecule has 0 aliphatic carbocycles. The lowest BCUT2D eigenvalue weighted by Gasteiger charge is -2.34. The van der Waals surface area contributed by atoms with Gasteiger partial charge in [0.25, 0.3) is 0 Å². The summed E-state index contributed by atoms with van der Waals surface area (Å²) in [5, 5.41) is 0. The minimum absolute atomic E-state index is 0.0364. The molecule has 1 saturated heterocycles. The van der Waals surface area contributed by atoms with Crippen molar-refractivity contribution in [2.24, 2.45) is 0 Å². The van der Waals surface area contributed by atoms with Crippen molar-refractivity contribution >= 4 is 10.0 Å². The lowest BCUT2D eigenvalue weighted by Crippen LogP contribution is -2.44. The van der Waals surface area contributed by atoms with Crippen LogP contribution >= 0.6 is 0 Å². The second-order valence-corrected chi connectivity index (χ2v) is 7.57. The molecule has 7 heteroatoms. The third-order valence-corrected chi connectivity index (χ3v) is 6.14. The maximum absolute atomic E-state index is 12.8. The molecular formula is C15H24N2O4S. The van der Waals surface area contributed by atoms with Crippen molar-refractivity contribution in [2.75, 3.05) is 41.4 Å². The molecule has 0 radical (unpaired) electrons. The summed E-state index contributed by atoms with van der Waals surface area (Å²) in [5.74, 6) is 0.934. The highest BCUT2D eigenvalue weighted by atomic mass is 32.2. The first-order valence-corrected chi connectivity index (χ1v) is 8.72. The second-order valence-electron chi connectivity index (χ2n) is 5.57. The van der Waals surface area contributed by atoms with E-state index in [4.69, 9.17) is 9.47 Å². The molecule has 0 N–H and O–H groups in total. The summed E-state index contributed by atoms with van der Waals surface area (Å²) in [6, 6.07) is 4.73. The molecule has 2 rings (SSSR count). The number of likely N-dealkylation sites (tertiary alicyclic amines) is 1. The van der Waals surface area contributed by atoms with Crippen molar-refractivity contribution in [2.45, 2.75) is 23.8 Å². The van der Waals surface area contributed by atoms with Crippen LogP contribution in [-0.2, 0) is 10.0 Å². The lowest BCUT2D eigenvalue weighted by atomic mass is 10.1. The van der Waals surface area contributed by atoms with Crippen LogP contribution in [0.3, 0.4) is 0 Å². The molecule has 1 aromatic rings. The molecule has 0 unspecified atom stereocenters. The molecule has 0 aromatic heterocycles. The van der Waals surface area contributed by atoms with Gasteiger partial charge in [0.2, 0.25) is 10.0 Å². The van der Waals surface area contributed by atoms with Crippen LogP contribution in [0.15, 0.2) is 23.1 Å². The third kappa shape index (κ3) is 3.37. The highest BCUT2D eigenvalue weighted by molar-refractivity contribution is 7.89. The van der Waals surface area contributed by atoms with Crippen LogP contribution in [0.5, 0.6) is 11.5 Å². The highest BCUT2D eigenvalue weighted by Crippen LogP contribution is 2.31. The number of rotatable bonds is 5. The maximum atomic E-state index is 12.8. The molecule has 22 heavy (non-hydrogen) atoms. The molecule has 0 bridgehead atoms. The van der Waals surface area contributed by atoms with Crippen LogP contribution in [0.25, 0.3) is 0 Å². The SMILES string of the molecule is COc1ccc(S(=O)(=O)N(C)C2CCN(C)CC2)cc1OC. The van der Waals surface area contributed by atoms with E-state index in [1.54, 1.807) is 19.2 Å². The monoisotopic (exact) mass is 328 g/mol. The van der Waals surface area contributed by atoms with Gasteiger partial charge < -0.3 is 14.4 Å². The minimum atomic E-state index is -3.53. The first-order chi connectivity index (χ1) is 10.4. The van der Waals surface area contributed by atoms with Crippen LogP contribution in [0.4, 0.5) is 0 Å². The number of hydrogen-bond acceptors (Lipinski definition) is 5. The van der Waals surface area contributed by atoms with E-state index in [9.17, 15) is 8.42 Å². The van der Waals surface area contributed by atoms with Gasteiger partial charge in [0.05, 0.1) is 19.1 Å². The molecule has 124 valence electrons. The summed E-state index contributed by atoms with van der Waals surface area (Å²) in [5.41, 5.74) is 0. The van der Waals surface area contributed by atoms with Crippen molar-refractivity contribution in [1.29, 1.82) is 0 Å². The van der Waals surface area contributed by atoms with E-state index in [2.05, 4.69) is 11.9 Å². The fourth-order valence-electron chi connectivity index (χ4n) is 2.70. The summed E-state index contributed by atoms with van der Waals surface area (Å²) in [7, 11) is 3.19. The first kappa shape index (κ1) is 17.1. The highest BCUT2D eigenvalue weighted by Gasteiger charge is 2.30. The molecule has 0 saturated carbocycles. The van der Waals surface area contributed by atoms with E-state index in [-0.39, 0.29) is 10.9 Å². The van der Waals surface area contributed by atoms with Gasteiger partial charge in [-0.05, 0) is 45.1 Å². The Kier molecular flexibility index (Phi) is 5.31. The zero-order valence-electron chi connectivity index (χ0n) is 13.6. The molecule has 1 aliphatic rings. The smallest absolute Gasteiger partial charge is 0.243 e. The van der Waals surface area contributed by atoms with Gasteiger partial charge >= 0.3 is 0 Å². The van der Waals surface area contributed by atoms with Crippen LogP contribution in [-0.4, -0.2) is 65.1 Å². The summed E-state index contributed by atoms with van der Waals surface area (Å²) in [4.78, 5) is 2.44. The summed E-state index contributed by atoms with van der Waals surface area (Å²) >= 11 is 0. The zero-order valence-corrected chi connectivity index (χ0v) is 14.4. The number of hydrogen-bond donors (Lipinski definition) is 0. The Morgan fingerprint density at radius 3 is 2.27 bits per heavy atom. The van der Waals surface area contributed by atoms with Crippen molar-refractivity contribution in [3.05, 3.63) is 18.2 Å². The van der Waals surface area contributed by atoms with Gasteiger partial charge in [-0.25, -0.2) is 8.42 Å². The molecule has 0 amide bonds. The fraction of sp³-hybridized carbons (Fsp3) is 0.600. The summed E-state index contributed by atoms with van der Waals surface area (Å²) in [6.07, 6.45) is 1.69. The zero-order chi connectivity index (χ0) is 16.3. The van der Waals surface area contributed by atoms with Crippen molar-refractivity contribution < 1.29 is 17.9 Å². The number of benzene rings is 1. The molecule has 1 aliphatic heterocycles. The quantitative estimate of drug-likeness (QED) is 0.818. The van der Waals surface area contributed by atoms with E-state index < -0.39 is 10.0 Å². The van der Waals surface area contributed by atoms with Crippen LogP contribution in [0.1, 0.15) is 12.8 Å². The lowest BCUT2D eigenvalue weighted by molar-refractivity contribution is 0.197. The van der Waals surface area contributed by atoms with Gasteiger partial charge in [-0.2, -0.15) is 4.31 Å². The maximum Gasteiger partial charge on any atom is 0.243 e. The Bertz CT molecular complexity index is 610. The van der Waals surface area contributed by atoms with Crippen LogP contribution < -0.4 is 9.47 Å². The fourth-order valence-corrected chi connectivity index (χ4v) is 4.13. The van der Waals surface area contributed by atoms with E-state index in [1.165, 1.54) is 24.6 Å². The normalized spacial score (nSPS) is 17.7. The Balaban J connectivity index is 2.26. The number of nitrogens with zero attached hydrogens (tertiary/aromatic N) is 2. The summed E-state index contributed by atoms with van der Waals surface area (Å²) in [6.45, 7) is 1.83. The van der Waals surface area contributed by atoms with E-state index >= 15 is 0 Å². The molecular weight excluding hydrogens is 304 g/mol. The van der Waals surface area contributed by atoms with Crippen molar-refractivity contribution in [1.82, 2.24) is 9.21 Å². The van der Waals surface area contributed by atoms with Gasteiger partial charge in [-0.15, -0.1) is 0 Å². The molecule has 6 nitrogen and oxygen atoms in total. The molecule has 0 atom stereocenters. The number of sulfonamides is 1. The number of piperidine rings is 1. The van der Waals surface area contributed by atoms with Crippen LogP contribution in [0, 0.1) is 0 Å². The first-order valence-electron chi connectivity index (χ1n) is 7.28. The van der Waals surface area contributed by atoms with E-state index in [0.717, 1.165) is 25.9 Å². The molecule has 1 aromatic carbocycles. The predicted octanol–water partition coefficient (Wildman–Crippen LogP) is 1.42.